The highest BCUT2D eigenvalue weighted by atomic mass is 32.1. The van der Waals surface area contributed by atoms with Crippen molar-refractivity contribution >= 4 is 54.8 Å². The predicted molar refractivity (Wildman–Crippen MR) is 136 cm³/mol. The molecule has 2 heterocycles. The summed E-state index contributed by atoms with van der Waals surface area (Å²) in [6.07, 6.45) is 8.47. The Kier molecular flexibility index (Phi) is 9.11. The van der Waals surface area contributed by atoms with E-state index in [4.69, 9.17) is 9.47 Å². The number of rotatable bonds is 12. The van der Waals surface area contributed by atoms with Crippen molar-refractivity contribution < 1.29 is 19.1 Å². The van der Waals surface area contributed by atoms with E-state index in [1.165, 1.54) is 0 Å². The Bertz CT molecular complexity index is 938. The number of thiophene rings is 2. The van der Waals surface area contributed by atoms with Gasteiger partial charge in [-0.05, 0) is 38.8 Å². The molecule has 0 aliphatic rings. The van der Waals surface area contributed by atoms with Gasteiger partial charge in [-0.1, -0.05) is 52.4 Å². The number of ether oxygens (including phenoxy) is 2. The molecule has 0 saturated heterocycles. The zero-order valence-electron chi connectivity index (χ0n) is 19.7. The quantitative estimate of drug-likeness (QED) is 0.196. The lowest BCUT2D eigenvalue weighted by atomic mass is 10.0. The molecule has 0 spiro atoms. The van der Waals surface area contributed by atoms with E-state index >= 15 is 0 Å². The van der Waals surface area contributed by atoms with Gasteiger partial charge in [0.2, 0.25) is 0 Å². The van der Waals surface area contributed by atoms with E-state index in [1.54, 1.807) is 22.7 Å². The molecular formula is C26H34O4S2. The fourth-order valence-electron chi connectivity index (χ4n) is 3.95. The Balaban J connectivity index is 1.95. The van der Waals surface area contributed by atoms with Crippen molar-refractivity contribution in [2.24, 2.45) is 0 Å². The van der Waals surface area contributed by atoms with Crippen LogP contribution in [0.5, 0.6) is 0 Å². The summed E-state index contributed by atoms with van der Waals surface area (Å²) in [6.45, 7) is 9.19. The van der Waals surface area contributed by atoms with Crippen molar-refractivity contribution in [2.45, 2.75) is 79.1 Å². The number of fused-ring (bicyclic) bond motifs is 2. The molecule has 0 aliphatic heterocycles. The molecule has 4 nitrogen and oxygen atoms in total. The predicted octanol–water partition coefficient (Wildman–Crippen LogP) is 8.21. The summed E-state index contributed by atoms with van der Waals surface area (Å²) in [4.78, 5) is 28.4. The number of esters is 2. The van der Waals surface area contributed by atoms with E-state index < -0.39 is 0 Å². The molecule has 32 heavy (non-hydrogen) atoms. The summed E-state index contributed by atoms with van der Waals surface area (Å²) < 4.78 is 13.0. The molecule has 0 saturated carbocycles. The van der Waals surface area contributed by atoms with Crippen LogP contribution in [0.25, 0.3) is 20.2 Å². The van der Waals surface area contributed by atoms with Crippen LogP contribution in [0.3, 0.4) is 0 Å². The number of benzene rings is 1. The molecule has 0 fully saturated rings. The van der Waals surface area contributed by atoms with Crippen LogP contribution in [0.1, 0.15) is 95.7 Å². The number of aryl methyl sites for hydroxylation is 2. The molecule has 6 heteroatoms. The molecule has 0 radical (unpaired) electrons. The molecule has 0 aliphatic carbocycles. The minimum atomic E-state index is -0.296. The summed E-state index contributed by atoms with van der Waals surface area (Å²) in [6, 6.07) is 4.00. The highest BCUT2D eigenvalue weighted by Gasteiger charge is 2.27. The minimum absolute atomic E-state index is 0.296. The second-order valence-corrected chi connectivity index (χ2v) is 10.9. The van der Waals surface area contributed by atoms with Crippen LogP contribution in [0.4, 0.5) is 0 Å². The van der Waals surface area contributed by atoms with Crippen LogP contribution in [-0.2, 0) is 9.47 Å². The molecule has 0 unspecified atom stereocenters. The second kappa shape index (κ2) is 11.8. The number of carbonyl (C=O) groups is 2. The normalized spacial score (nSPS) is 11.4. The Labute approximate surface area is 198 Å². The zero-order valence-corrected chi connectivity index (χ0v) is 21.3. The number of hydrogen-bond donors (Lipinski definition) is 0. The summed E-state index contributed by atoms with van der Waals surface area (Å²) in [5.41, 5.74) is 1.18. The van der Waals surface area contributed by atoms with Crippen molar-refractivity contribution in [1.29, 1.82) is 0 Å². The molecular weight excluding hydrogens is 440 g/mol. The summed E-state index contributed by atoms with van der Waals surface area (Å²) in [5, 5.41) is 1.61. The summed E-state index contributed by atoms with van der Waals surface area (Å²) in [5.74, 6) is -0.591. The lowest BCUT2D eigenvalue weighted by molar-refractivity contribution is 0.0490. The van der Waals surface area contributed by atoms with Crippen molar-refractivity contribution in [3.8, 4) is 0 Å². The number of hydrogen-bond acceptors (Lipinski definition) is 6. The van der Waals surface area contributed by atoms with Gasteiger partial charge in [0, 0.05) is 20.5 Å². The standard InChI is InChI=1S/C26H34O4S2/c1-5-7-9-11-13-29-25(27)21-19-15-17(3)32-24(19)22(20-16-18(4)31-23(20)21)26(28)30-14-12-10-8-6-2/h15-16H,5-14H2,1-4H3. The third-order valence-electron chi connectivity index (χ3n) is 5.57. The smallest absolute Gasteiger partial charge is 0.340 e. The van der Waals surface area contributed by atoms with E-state index in [0.29, 0.717) is 24.3 Å². The maximum Gasteiger partial charge on any atom is 0.340 e. The monoisotopic (exact) mass is 474 g/mol. The van der Waals surface area contributed by atoms with E-state index in [1.807, 2.05) is 26.0 Å². The van der Waals surface area contributed by atoms with Gasteiger partial charge >= 0.3 is 11.9 Å². The molecule has 1 aromatic carbocycles. The third-order valence-corrected chi connectivity index (χ3v) is 7.71. The van der Waals surface area contributed by atoms with E-state index in [-0.39, 0.29) is 11.9 Å². The maximum absolute atomic E-state index is 13.2. The fraction of sp³-hybridized carbons (Fsp3) is 0.538. The van der Waals surface area contributed by atoms with Crippen LogP contribution in [0, 0.1) is 13.8 Å². The molecule has 3 aromatic rings. The topological polar surface area (TPSA) is 52.6 Å². The van der Waals surface area contributed by atoms with Crippen molar-refractivity contribution in [1.82, 2.24) is 0 Å². The molecule has 0 bridgehead atoms. The van der Waals surface area contributed by atoms with Gasteiger partial charge in [0.05, 0.1) is 33.7 Å². The molecule has 2 aromatic heterocycles. The zero-order chi connectivity index (χ0) is 23.1. The fourth-order valence-corrected chi connectivity index (χ4v) is 6.08. The van der Waals surface area contributed by atoms with Crippen LogP contribution < -0.4 is 0 Å². The SMILES string of the molecule is CCCCCCOC(=O)c1c2cc(C)sc2c(C(=O)OCCCCCC)c2cc(C)sc12. The van der Waals surface area contributed by atoms with Gasteiger partial charge in [-0.3, -0.25) is 0 Å². The Morgan fingerprint density at radius 2 is 1.09 bits per heavy atom. The Morgan fingerprint density at radius 1 is 0.688 bits per heavy atom. The van der Waals surface area contributed by atoms with Crippen LogP contribution in [0.15, 0.2) is 12.1 Å². The molecule has 0 atom stereocenters. The summed E-state index contributed by atoms with van der Waals surface area (Å²) in [7, 11) is 0. The van der Waals surface area contributed by atoms with Gasteiger partial charge in [0.15, 0.2) is 0 Å². The van der Waals surface area contributed by atoms with Gasteiger partial charge < -0.3 is 9.47 Å². The van der Waals surface area contributed by atoms with Crippen molar-refractivity contribution in [2.75, 3.05) is 13.2 Å². The maximum atomic E-state index is 13.2. The second-order valence-electron chi connectivity index (χ2n) is 8.34. The van der Waals surface area contributed by atoms with Crippen molar-refractivity contribution in [3.63, 3.8) is 0 Å². The lowest BCUT2D eigenvalue weighted by Gasteiger charge is -2.11. The average Bonchev–Trinajstić information content (AvgIpc) is 3.32. The van der Waals surface area contributed by atoms with Crippen LogP contribution in [0.2, 0.25) is 0 Å². The first kappa shape index (κ1) is 24.7. The first-order valence-electron chi connectivity index (χ1n) is 11.8. The van der Waals surface area contributed by atoms with Gasteiger partial charge in [-0.2, -0.15) is 0 Å². The Morgan fingerprint density at radius 3 is 1.47 bits per heavy atom. The molecule has 0 N–H and O–H groups in total. The van der Waals surface area contributed by atoms with Crippen LogP contribution >= 0.6 is 22.7 Å². The van der Waals surface area contributed by atoms with Gasteiger partial charge in [0.1, 0.15) is 0 Å². The van der Waals surface area contributed by atoms with Crippen LogP contribution in [-0.4, -0.2) is 25.2 Å². The Hall–Kier alpha value is -1.92. The van der Waals surface area contributed by atoms with Gasteiger partial charge in [-0.15, -0.1) is 22.7 Å². The highest BCUT2D eigenvalue weighted by molar-refractivity contribution is 7.21. The van der Waals surface area contributed by atoms with E-state index in [2.05, 4.69) is 13.8 Å². The van der Waals surface area contributed by atoms with Crippen molar-refractivity contribution in [3.05, 3.63) is 33.0 Å². The first-order valence-corrected chi connectivity index (χ1v) is 13.4. The molecule has 174 valence electrons. The first-order chi connectivity index (χ1) is 15.5. The molecule has 0 amide bonds. The van der Waals surface area contributed by atoms with Gasteiger partial charge in [-0.25, -0.2) is 9.59 Å². The highest BCUT2D eigenvalue weighted by Crippen LogP contribution is 2.42. The molecule has 3 rings (SSSR count). The average molecular weight is 475 g/mol. The minimum Gasteiger partial charge on any atom is -0.462 e. The summed E-state index contributed by atoms with van der Waals surface area (Å²) >= 11 is 3.08. The number of unbranched alkanes of at least 4 members (excludes halogenated alkanes) is 6. The lowest BCUT2D eigenvalue weighted by Crippen LogP contribution is -2.11. The van der Waals surface area contributed by atoms with E-state index in [9.17, 15) is 9.59 Å². The number of carbonyl (C=O) groups excluding carboxylic acids is 2. The van der Waals surface area contributed by atoms with E-state index in [0.717, 1.165) is 81.3 Å². The third kappa shape index (κ3) is 5.70. The van der Waals surface area contributed by atoms with Gasteiger partial charge in [0.25, 0.3) is 0 Å². The largest absolute Gasteiger partial charge is 0.462 e.